The largest absolute Gasteiger partial charge is 0.493 e. The van der Waals surface area contributed by atoms with E-state index in [9.17, 15) is 30.8 Å². The molecule has 0 saturated heterocycles. The van der Waals surface area contributed by atoms with Gasteiger partial charge in [0, 0.05) is 0 Å². The standard InChI is InChI=1S/C13H10F4O4S/c14-12(15)9-7(21-5-6-1-2-6)3-4-8-10(9)11(18)13(16,17)22(8,19)20/h3-4,6,12H,1-2,5H2. The Labute approximate surface area is 123 Å². The van der Waals surface area contributed by atoms with Crippen molar-refractivity contribution in [2.45, 2.75) is 29.4 Å². The first-order chi connectivity index (χ1) is 10.2. The van der Waals surface area contributed by atoms with E-state index in [-0.39, 0.29) is 12.5 Å². The van der Waals surface area contributed by atoms with E-state index >= 15 is 0 Å². The third-order valence-corrected chi connectivity index (χ3v) is 5.46. The second-order valence-electron chi connectivity index (χ2n) is 5.25. The minimum absolute atomic E-state index is 0.121. The van der Waals surface area contributed by atoms with E-state index in [4.69, 9.17) is 4.74 Å². The molecule has 1 fully saturated rings. The summed E-state index contributed by atoms with van der Waals surface area (Å²) in [6.07, 6.45) is -1.56. The Hall–Kier alpha value is -1.64. The second-order valence-corrected chi connectivity index (χ2v) is 7.21. The number of alkyl halides is 4. The van der Waals surface area contributed by atoms with Gasteiger partial charge in [0.15, 0.2) is 0 Å². The molecule has 4 nitrogen and oxygen atoms in total. The van der Waals surface area contributed by atoms with E-state index in [1.165, 1.54) is 0 Å². The Kier molecular flexibility index (Phi) is 3.24. The molecule has 1 saturated carbocycles. The van der Waals surface area contributed by atoms with Gasteiger partial charge in [0.1, 0.15) is 5.75 Å². The fourth-order valence-corrected chi connectivity index (χ4v) is 3.62. The fraction of sp³-hybridized carbons (Fsp3) is 0.462. The Morgan fingerprint density at radius 2 is 1.91 bits per heavy atom. The lowest BCUT2D eigenvalue weighted by atomic mass is 10.0. The molecule has 0 aromatic heterocycles. The summed E-state index contributed by atoms with van der Waals surface area (Å²) in [4.78, 5) is 10.6. The molecule has 0 amide bonds. The number of Topliss-reactive ketones (excluding diaryl/α,β-unsaturated/α-hetero) is 1. The van der Waals surface area contributed by atoms with Gasteiger partial charge in [-0.3, -0.25) is 4.79 Å². The van der Waals surface area contributed by atoms with Crippen LogP contribution >= 0.6 is 0 Å². The van der Waals surface area contributed by atoms with Crippen LogP contribution < -0.4 is 4.74 Å². The number of benzene rings is 1. The van der Waals surface area contributed by atoms with E-state index in [0.29, 0.717) is 0 Å². The molecule has 2 aliphatic rings. The molecule has 9 heteroatoms. The summed E-state index contributed by atoms with van der Waals surface area (Å²) in [5, 5.41) is -4.73. The molecule has 1 aromatic carbocycles. The van der Waals surface area contributed by atoms with Crippen molar-refractivity contribution in [1.82, 2.24) is 0 Å². The van der Waals surface area contributed by atoms with Crippen molar-refractivity contribution in [3.8, 4) is 5.75 Å². The van der Waals surface area contributed by atoms with Crippen molar-refractivity contribution >= 4 is 15.6 Å². The molecule has 22 heavy (non-hydrogen) atoms. The number of ketones is 1. The molecule has 0 atom stereocenters. The lowest BCUT2D eigenvalue weighted by Gasteiger charge is -2.13. The number of sulfone groups is 1. The number of fused-ring (bicyclic) bond motifs is 1. The first-order valence-electron chi connectivity index (χ1n) is 6.43. The Morgan fingerprint density at radius 3 is 2.45 bits per heavy atom. The van der Waals surface area contributed by atoms with E-state index < -0.39 is 49.1 Å². The third kappa shape index (κ3) is 2.02. The maximum absolute atomic E-state index is 13.6. The average molecular weight is 338 g/mol. The van der Waals surface area contributed by atoms with Gasteiger partial charge < -0.3 is 4.74 Å². The fourth-order valence-electron chi connectivity index (χ4n) is 2.28. The number of halogens is 4. The zero-order valence-electron chi connectivity index (χ0n) is 11.0. The van der Waals surface area contributed by atoms with Crippen molar-refractivity contribution in [3.05, 3.63) is 23.3 Å². The molecule has 0 spiro atoms. The summed E-state index contributed by atoms with van der Waals surface area (Å²) in [5.41, 5.74) is -2.24. The summed E-state index contributed by atoms with van der Waals surface area (Å²) in [5.74, 6) is -2.35. The second kappa shape index (κ2) is 4.68. The number of ether oxygens (including phenoxy) is 1. The summed E-state index contributed by atoms with van der Waals surface area (Å²) in [6, 6.07) is 1.62. The van der Waals surface area contributed by atoms with E-state index in [2.05, 4.69) is 0 Å². The lowest BCUT2D eigenvalue weighted by Crippen LogP contribution is -2.30. The molecule has 0 N–H and O–H groups in total. The monoisotopic (exact) mass is 338 g/mol. The van der Waals surface area contributed by atoms with Gasteiger partial charge in [0.25, 0.3) is 16.3 Å². The van der Waals surface area contributed by atoms with Gasteiger partial charge in [0.05, 0.1) is 22.6 Å². The van der Waals surface area contributed by atoms with Crippen LogP contribution in [0, 0.1) is 5.92 Å². The molecule has 0 bridgehead atoms. The predicted molar refractivity (Wildman–Crippen MR) is 66.1 cm³/mol. The van der Waals surface area contributed by atoms with Crippen LogP contribution in [0.15, 0.2) is 17.0 Å². The van der Waals surface area contributed by atoms with Gasteiger partial charge in [-0.15, -0.1) is 0 Å². The Morgan fingerprint density at radius 1 is 1.27 bits per heavy atom. The highest BCUT2D eigenvalue weighted by molar-refractivity contribution is 7.94. The van der Waals surface area contributed by atoms with E-state index in [0.717, 1.165) is 25.0 Å². The predicted octanol–water partition coefficient (Wildman–Crippen LogP) is 2.98. The van der Waals surface area contributed by atoms with Gasteiger partial charge in [-0.25, -0.2) is 17.2 Å². The number of rotatable bonds is 4. The van der Waals surface area contributed by atoms with Gasteiger partial charge in [0.2, 0.25) is 5.78 Å². The number of hydrogen-bond donors (Lipinski definition) is 0. The topological polar surface area (TPSA) is 60.4 Å². The van der Waals surface area contributed by atoms with Crippen LogP contribution in [0.3, 0.4) is 0 Å². The molecule has 0 radical (unpaired) electrons. The summed E-state index contributed by atoms with van der Waals surface area (Å²) in [7, 11) is -5.30. The highest BCUT2D eigenvalue weighted by Gasteiger charge is 2.62. The van der Waals surface area contributed by atoms with Gasteiger partial charge in [-0.1, -0.05) is 0 Å². The quantitative estimate of drug-likeness (QED) is 0.792. The van der Waals surface area contributed by atoms with E-state index in [1.807, 2.05) is 0 Å². The molecular weight excluding hydrogens is 328 g/mol. The van der Waals surface area contributed by atoms with Crippen LogP contribution in [0.4, 0.5) is 17.6 Å². The third-order valence-electron chi connectivity index (χ3n) is 3.68. The van der Waals surface area contributed by atoms with Crippen LogP contribution in [0.5, 0.6) is 5.75 Å². The summed E-state index contributed by atoms with van der Waals surface area (Å²) < 4.78 is 82.0. The first-order valence-corrected chi connectivity index (χ1v) is 7.91. The van der Waals surface area contributed by atoms with Crippen LogP contribution in [0.2, 0.25) is 0 Å². The molecular formula is C13H10F4O4S. The first kappa shape index (κ1) is 15.3. The number of carbonyl (C=O) groups excluding carboxylic acids is 1. The van der Waals surface area contributed by atoms with Crippen molar-refractivity contribution in [2.24, 2.45) is 5.92 Å². The molecule has 1 heterocycles. The maximum Gasteiger partial charge on any atom is 0.411 e. The summed E-state index contributed by atoms with van der Waals surface area (Å²) >= 11 is 0. The van der Waals surface area contributed by atoms with Crippen LogP contribution in [0.25, 0.3) is 0 Å². The van der Waals surface area contributed by atoms with Crippen molar-refractivity contribution in [3.63, 3.8) is 0 Å². The Balaban J connectivity index is 2.16. The molecule has 120 valence electrons. The molecule has 1 aromatic rings. The highest BCUT2D eigenvalue weighted by Crippen LogP contribution is 2.47. The number of hydrogen-bond acceptors (Lipinski definition) is 4. The normalized spacial score (nSPS) is 22.0. The molecule has 1 aliphatic carbocycles. The van der Waals surface area contributed by atoms with Crippen molar-refractivity contribution in [2.75, 3.05) is 6.61 Å². The smallest absolute Gasteiger partial charge is 0.411 e. The van der Waals surface area contributed by atoms with Crippen LogP contribution in [0.1, 0.15) is 35.2 Å². The van der Waals surface area contributed by atoms with Crippen LogP contribution in [-0.4, -0.2) is 26.1 Å². The summed E-state index contributed by atoms with van der Waals surface area (Å²) in [6.45, 7) is 0.121. The van der Waals surface area contributed by atoms with Crippen molar-refractivity contribution in [1.29, 1.82) is 0 Å². The molecule has 0 unspecified atom stereocenters. The average Bonchev–Trinajstić information content (AvgIpc) is 3.24. The molecule has 3 rings (SSSR count). The lowest BCUT2D eigenvalue weighted by molar-refractivity contribution is 0.0540. The van der Waals surface area contributed by atoms with E-state index in [1.54, 1.807) is 0 Å². The molecule has 1 aliphatic heterocycles. The zero-order chi connectivity index (χ0) is 16.3. The van der Waals surface area contributed by atoms with Gasteiger partial charge in [-0.2, -0.15) is 8.78 Å². The van der Waals surface area contributed by atoms with Crippen molar-refractivity contribution < 1.29 is 35.5 Å². The minimum atomic E-state index is -5.30. The number of carbonyl (C=O) groups is 1. The van der Waals surface area contributed by atoms with Gasteiger partial charge >= 0.3 is 5.25 Å². The SMILES string of the molecule is O=C1c2c(ccc(OCC3CC3)c2C(F)F)S(=O)(=O)C1(F)F. The van der Waals surface area contributed by atoms with Crippen LogP contribution in [-0.2, 0) is 9.84 Å². The highest BCUT2D eigenvalue weighted by atomic mass is 32.2. The minimum Gasteiger partial charge on any atom is -0.493 e. The Bertz CT molecular complexity index is 754. The maximum atomic E-state index is 13.6. The van der Waals surface area contributed by atoms with Gasteiger partial charge in [-0.05, 0) is 30.9 Å². The zero-order valence-corrected chi connectivity index (χ0v) is 11.8.